The number of carboxylic acids is 1. The zero-order chi connectivity index (χ0) is 16.1. The number of aromatic carboxylic acids is 1. The van der Waals surface area contributed by atoms with E-state index in [-0.39, 0.29) is 11.4 Å². The molecule has 0 atom stereocenters. The van der Waals surface area contributed by atoms with E-state index in [1.54, 1.807) is 12.1 Å². The fourth-order valence-electron chi connectivity index (χ4n) is 1.99. The average molecular weight is 298 g/mol. The van der Waals surface area contributed by atoms with Crippen molar-refractivity contribution in [2.75, 3.05) is 6.54 Å². The van der Waals surface area contributed by atoms with Gasteiger partial charge in [-0.3, -0.25) is 9.89 Å². The van der Waals surface area contributed by atoms with Gasteiger partial charge in [-0.15, -0.1) is 0 Å². The van der Waals surface area contributed by atoms with Gasteiger partial charge in [-0.25, -0.2) is 4.79 Å². The summed E-state index contributed by atoms with van der Waals surface area (Å²) in [5.74, 6) is -1.60. The summed E-state index contributed by atoms with van der Waals surface area (Å²) in [7, 11) is 0. The Kier molecular flexibility index (Phi) is 4.53. The van der Waals surface area contributed by atoms with Gasteiger partial charge in [0.05, 0.1) is 11.6 Å². The lowest BCUT2D eigenvalue weighted by atomic mass is 10.0. The molecule has 7 nitrogen and oxygen atoms in total. The number of amides is 1. The Morgan fingerprint density at radius 1 is 1.41 bits per heavy atom. The first-order valence-corrected chi connectivity index (χ1v) is 6.58. The summed E-state index contributed by atoms with van der Waals surface area (Å²) in [6, 6.07) is 8.64. The van der Waals surface area contributed by atoms with Gasteiger partial charge < -0.3 is 10.4 Å². The summed E-state index contributed by atoms with van der Waals surface area (Å²) < 4.78 is 0. The molecule has 2 aromatic rings. The molecule has 0 aliphatic rings. The van der Waals surface area contributed by atoms with E-state index in [0.717, 1.165) is 11.1 Å². The van der Waals surface area contributed by atoms with Crippen LogP contribution in [0, 0.1) is 18.3 Å². The van der Waals surface area contributed by atoms with Crippen LogP contribution in [0.2, 0.25) is 0 Å². The van der Waals surface area contributed by atoms with E-state index in [4.69, 9.17) is 10.4 Å². The van der Waals surface area contributed by atoms with Gasteiger partial charge in [-0.05, 0) is 36.6 Å². The smallest absolute Gasteiger partial charge is 0.353 e. The van der Waals surface area contributed by atoms with E-state index in [9.17, 15) is 9.59 Å². The van der Waals surface area contributed by atoms with Crippen LogP contribution in [0.4, 0.5) is 0 Å². The second-order valence-corrected chi connectivity index (χ2v) is 4.73. The van der Waals surface area contributed by atoms with E-state index >= 15 is 0 Å². The number of carbonyl (C=O) groups is 2. The number of nitrogens with one attached hydrogen (secondary N) is 2. The summed E-state index contributed by atoms with van der Waals surface area (Å²) in [5.41, 5.74) is 2.53. The number of hydrogen-bond donors (Lipinski definition) is 3. The van der Waals surface area contributed by atoms with Crippen molar-refractivity contribution in [3.8, 4) is 6.07 Å². The SMILES string of the molecule is Cc1cc(C#N)ccc1CCNC(=O)c1cc(C(=O)O)[nH]n1. The molecule has 1 heterocycles. The van der Waals surface area contributed by atoms with Crippen LogP contribution >= 0.6 is 0 Å². The van der Waals surface area contributed by atoms with E-state index in [0.29, 0.717) is 18.5 Å². The van der Waals surface area contributed by atoms with Crippen LogP contribution in [0.15, 0.2) is 24.3 Å². The molecule has 0 aliphatic carbocycles. The predicted octanol–water partition coefficient (Wildman–Crippen LogP) is 1.26. The maximum atomic E-state index is 11.8. The first kappa shape index (κ1) is 15.3. The van der Waals surface area contributed by atoms with E-state index in [1.165, 1.54) is 6.07 Å². The van der Waals surface area contributed by atoms with Crippen molar-refractivity contribution in [1.29, 1.82) is 5.26 Å². The Morgan fingerprint density at radius 3 is 2.77 bits per heavy atom. The molecule has 1 aromatic heterocycles. The van der Waals surface area contributed by atoms with Gasteiger partial charge in [0.25, 0.3) is 5.91 Å². The number of nitrogens with zero attached hydrogens (tertiary/aromatic N) is 2. The Hall–Kier alpha value is -3.14. The van der Waals surface area contributed by atoms with Crippen molar-refractivity contribution < 1.29 is 14.7 Å². The molecule has 1 amide bonds. The Bertz CT molecular complexity index is 758. The fourth-order valence-corrected chi connectivity index (χ4v) is 1.99. The van der Waals surface area contributed by atoms with Crippen LogP contribution in [0.1, 0.15) is 37.7 Å². The molecular formula is C15H14N4O3. The normalized spacial score (nSPS) is 10.0. The minimum Gasteiger partial charge on any atom is -0.477 e. The number of benzene rings is 1. The molecule has 0 unspecified atom stereocenters. The molecule has 22 heavy (non-hydrogen) atoms. The maximum Gasteiger partial charge on any atom is 0.353 e. The zero-order valence-electron chi connectivity index (χ0n) is 11.9. The van der Waals surface area contributed by atoms with E-state index < -0.39 is 11.9 Å². The highest BCUT2D eigenvalue weighted by Crippen LogP contribution is 2.11. The lowest BCUT2D eigenvalue weighted by Gasteiger charge is -2.07. The number of aryl methyl sites for hydroxylation is 1. The molecule has 3 N–H and O–H groups in total. The molecule has 0 saturated carbocycles. The number of aromatic amines is 1. The molecule has 0 radical (unpaired) electrons. The van der Waals surface area contributed by atoms with Gasteiger partial charge in [0, 0.05) is 12.6 Å². The topological polar surface area (TPSA) is 119 Å². The maximum absolute atomic E-state index is 11.8. The Labute approximate surface area is 126 Å². The molecule has 112 valence electrons. The quantitative estimate of drug-likeness (QED) is 0.767. The van der Waals surface area contributed by atoms with Gasteiger partial charge in [-0.1, -0.05) is 6.07 Å². The third kappa shape index (κ3) is 3.49. The number of carboxylic acid groups (broad SMARTS) is 1. The van der Waals surface area contributed by atoms with Crippen LogP contribution in [0.3, 0.4) is 0 Å². The number of rotatable bonds is 5. The number of nitriles is 1. The Balaban J connectivity index is 1.92. The molecule has 7 heteroatoms. The molecule has 0 aliphatic heterocycles. The second-order valence-electron chi connectivity index (χ2n) is 4.73. The first-order valence-electron chi connectivity index (χ1n) is 6.58. The number of carbonyl (C=O) groups excluding carboxylic acids is 1. The molecule has 1 aromatic carbocycles. The summed E-state index contributed by atoms with van der Waals surface area (Å²) in [6.45, 7) is 2.30. The number of hydrogen-bond acceptors (Lipinski definition) is 4. The van der Waals surface area contributed by atoms with Gasteiger partial charge in [0.15, 0.2) is 5.69 Å². The molecular weight excluding hydrogens is 284 g/mol. The minimum absolute atomic E-state index is 0.0361. The third-order valence-corrected chi connectivity index (χ3v) is 3.19. The Morgan fingerprint density at radius 2 is 2.18 bits per heavy atom. The highest BCUT2D eigenvalue weighted by atomic mass is 16.4. The zero-order valence-corrected chi connectivity index (χ0v) is 11.9. The largest absolute Gasteiger partial charge is 0.477 e. The van der Waals surface area contributed by atoms with Crippen LogP contribution in [-0.2, 0) is 6.42 Å². The molecule has 0 fully saturated rings. The number of aromatic nitrogens is 2. The van der Waals surface area contributed by atoms with Crippen LogP contribution in [0.5, 0.6) is 0 Å². The third-order valence-electron chi connectivity index (χ3n) is 3.19. The van der Waals surface area contributed by atoms with Crippen molar-refractivity contribution >= 4 is 11.9 Å². The monoisotopic (exact) mass is 298 g/mol. The van der Waals surface area contributed by atoms with Crippen LogP contribution in [0.25, 0.3) is 0 Å². The van der Waals surface area contributed by atoms with Gasteiger partial charge in [0.2, 0.25) is 0 Å². The van der Waals surface area contributed by atoms with E-state index in [1.807, 2.05) is 13.0 Å². The van der Waals surface area contributed by atoms with Crippen molar-refractivity contribution in [1.82, 2.24) is 15.5 Å². The summed E-state index contributed by atoms with van der Waals surface area (Å²) in [6.07, 6.45) is 0.611. The average Bonchev–Trinajstić information content (AvgIpc) is 2.99. The van der Waals surface area contributed by atoms with Gasteiger partial charge in [0.1, 0.15) is 5.69 Å². The first-order chi connectivity index (χ1) is 10.5. The molecule has 0 bridgehead atoms. The highest BCUT2D eigenvalue weighted by Gasteiger charge is 2.13. The molecule has 0 spiro atoms. The fraction of sp³-hybridized carbons (Fsp3) is 0.200. The van der Waals surface area contributed by atoms with Gasteiger partial charge in [-0.2, -0.15) is 10.4 Å². The molecule has 0 saturated heterocycles. The summed E-state index contributed by atoms with van der Waals surface area (Å²) in [4.78, 5) is 22.5. The summed E-state index contributed by atoms with van der Waals surface area (Å²) >= 11 is 0. The highest BCUT2D eigenvalue weighted by molar-refractivity contribution is 5.95. The standard InChI is InChI=1S/C15H14N4O3/c1-9-6-10(8-16)2-3-11(9)4-5-17-14(20)12-7-13(15(21)22)19-18-12/h2-3,6-7H,4-5H2,1H3,(H,17,20)(H,18,19)(H,21,22). The van der Waals surface area contributed by atoms with E-state index in [2.05, 4.69) is 21.6 Å². The second kappa shape index (κ2) is 6.54. The van der Waals surface area contributed by atoms with Gasteiger partial charge >= 0.3 is 5.97 Å². The van der Waals surface area contributed by atoms with Crippen molar-refractivity contribution in [2.24, 2.45) is 0 Å². The lowest BCUT2D eigenvalue weighted by Crippen LogP contribution is -2.26. The number of H-pyrrole nitrogens is 1. The summed E-state index contributed by atoms with van der Waals surface area (Å²) in [5, 5.41) is 26.2. The molecule has 2 rings (SSSR count). The lowest BCUT2D eigenvalue weighted by molar-refractivity contribution is 0.0690. The van der Waals surface area contributed by atoms with Crippen molar-refractivity contribution in [2.45, 2.75) is 13.3 Å². The van der Waals surface area contributed by atoms with Crippen LogP contribution in [-0.4, -0.2) is 33.7 Å². The predicted molar refractivity (Wildman–Crippen MR) is 77.5 cm³/mol. The van der Waals surface area contributed by atoms with Crippen molar-refractivity contribution in [3.63, 3.8) is 0 Å². The minimum atomic E-state index is -1.17. The van der Waals surface area contributed by atoms with Crippen molar-refractivity contribution in [3.05, 3.63) is 52.3 Å². The van der Waals surface area contributed by atoms with Crippen LogP contribution < -0.4 is 5.32 Å².